The van der Waals surface area contributed by atoms with E-state index in [-0.39, 0.29) is 25.8 Å². The lowest BCUT2D eigenvalue weighted by Crippen LogP contribution is -2.41. The zero-order chi connectivity index (χ0) is 14.3. The van der Waals surface area contributed by atoms with Crippen LogP contribution in [-0.4, -0.2) is 67.8 Å². The lowest BCUT2D eigenvalue weighted by atomic mass is 10.1. The summed E-state index contributed by atoms with van der Waals surface area (Å²) in [5.74, 6) is 0. The minimum atomic E-state index is -4.24. The Hall–Kier alpha value is -0.370. The predicted molar refractivity (Wildman–Crippen MR) is 64.0 cm³/mol. The van der Waals surface area contributed by atoms with Crippen molar-refractivity contribution in [3.63, 3.8) is 0 Å². The van der Waals surface area contributed by atoms with Gasteiger partial charge in [0.1, 0.15) is 0 Å². The molecule has 0 bridgehead atoms. The van der Waals surface area contributed by atoms with Crippen molar-refractivity contribution in [1.29, 1.82) is 0 Å². The molecule has 1 fully saturated rings. The molecule has 0 saturated carbocycles. The fourth-order valence-electron chi connectivity index (χ4n) is 2.00. The van der Waals surface area contributed by atoms with Gasteiger partial charge in [-0.15, -0.1) is 0 Å². The van der Waals surface area contributed by atoms with Crippen molar-refractivity contribution in [2.75, 3.05) is 39.5 Å². The molecule has 0 aromatic heterocycles. The fraction of sp³-hybridized carbons (Fsp3) is 1.00. The molecule has 19 heavy (non-hydrogen) atoms. The van der Waals surface area contributed by atoms with Gasteiger partial charge in [-0.05, 0) is 19.4 Å². The fourth-order valence-corrected chi connectivity index (χ4v) is 2.00. The van der Waals surface area contributed by atoms with Crippen LogP contribution in [0.4, 0.5) is 13.2 Å². The van der Waals surface area contributed by atoms with E-state index in [9.17, 15) is 18.3 Å². The standard InChI is InChI=1S/C12H22F3NO3/c1-2-16(9-12(13,14)15)7-10(17)8-19-11-3-5-18-6-4-11/h10-11,17H,2-9H2,1H3. The lowest BCUT2D eigenvalue weighted by Gasteiger charge is -2.27. The summed E-state index contributed by atoms with van der Waals surface area (Å²) in [6, 6.07) is 0. The summed E-state index contributed by atoms with van der Waals surface area (Å²) < 4.78 is 47.4. The number of rotatable bonds is 7. The van der Waals surface area contributed by atoms with Gasteiger partial charge in [0.05, 0.1) is 25.4 Å². The highest BCUT2D eigenvalue weighted by Crippen LogP contribution is 2.16. The van der Waals surface area contributed by atoms with E-state index in [2.05, 4.69) is 0 Å². The average molecular weight is 285 g/mol. The molecule has 1 heterocycles. The Kier molecular flexibility index (Phi) is 7.06. The van der Waals surface area contributed by atoms with Crippen LogP contribution in [0.25, 0.3) is 0 Å². The minimum Gasteiger partial charge on any atom is -0.389 e. The van der Waals surface area contributed by atoms with Crippen LogP contribution >= 0.6 is 0 Å². The van der Waals surface area contributed by atoms with E-state index in [4.69, 9.17) is 9.47 Å². The van der Waals surface area contributed by atoms with Crippen molar-refractivity contribution in [3.8, 4) is 0 Å². The number of aliphatic hydroxyl groups is 1. The van der Waals surface area contributed by atoms with E-state index in [1.165, 1.54) is 0 Å². The first-order chi connectivity index (χ1) is 8.90. The Morgan fingerprint density at radius 2 is 2.00 bits per heavy atom. The molecule has 1 aliphatic rings. The molecular formula is C12H22F3NO3. The van der Waals surface area contributed by atoms with Crippen LogP contribution < -0.4 is 0 Å². The van der Waals surface area contributed by atoms with Gasteiger partial charge in [-0.2, -0.15) is 13.2 Å². The topological polar surface area (TPSA) is 41.9 Å². The summed E-state index contributed by atoms with van der Waals surface area (Å²) in [5, 5.41) is 9.71. The molecule has 0 aliphatic carbocycles. The maximum absolute atomic E-state index is 12.3. The summed E-state index contributed by atoms with van der Waals surface area (Å²) in [5.41, 5.74) is 0. The zero-order valence-corrected chi connectivity index (χ0v) is 11.2. The molecule has 0 spiro atoms. The quantitative estimate of drug-likeness (QED) is 0.768. The van der Waals surface area contributed by atoms with Gasteiger partial charge in [-0.25, -0.2) is 0 Å². The van der Waals surface area contributed by atoms with Gasteiger partial charge in [-0.1, -0.05) is 6.92 Å². The second-order valence-corrected chi connectivity index (χ2v) is 4.74. The van der Waals surface area contributed by atoms with E-state index < -0.39 is 18.8 Å². The molecular weight excluding hydrogens is 263 g/mol. The number of ether oxygens (including phenoxy) is 2. The van der Waals surface area contributed by atoms with Crippen molar-refractivity contribution < 1.29 is 27.8 Å². The number of aliphatic hydroxyl groups excluding tert-OH is 1. The maximum Gasteiger partial charge on any atom is 0.401 e. The molecule has 0 radical (unpaired) electrons. The highest BCUT2D eigenvalue weighted by atomic mass is 19.4. The van der Waals surface area contributed by atoms with E-state index in [0.29, 0.717) is 13.2 Å². The Bertz CT molecular complexity index is 245. The Labute approximate surface area is 111 Å². The molecule has 1 aliphatic heterocycles. The predicted octanol–water partition coefficient (Wildman–Crippen LogP) is 1.43. The van der Waals surface area contributed by atoms with Crippen LogP contribution in [0.5, 0.6) is 0 Å². The van der Waals surface area contributed by atoms with Gasteiger partial charge in [0.15, 0.2) is 0 Å². The SMILES string of the molecule is CCN(CC(O)COC1CCOCC1)CC(F)(F)F. The number of alkyl halides is 3. The molecule has 0 amide bonds. The monoisotopic (exact) mass is 285 g/mol. The van der Waals surface area contributed by atoms with Gasteiger partial charge in [0.2, 0.25) is 0 Å². The summed E-state index contributed by atoms with van der Waals surface area (Å²) in [7, 11) is 0. The minimum absolute atomic E-state index is 0.0285. The van der Waals surface area contributed by atoms with Crippen molar-refractivity contribution in [3.05, 3.63) is 0 Å². The molecule has 114 valence electrons. The Morgan fingerprint density at radius 3 is 2.53 bits per heavy atom. The van der Waals surface area contributed by atoms with Crippen LogP contribution in [0, 0.1) is 0 Å². The van der Waals surface area contributed by atoms with Crippen LogP contribution in [0.2, 0.25) is 0 Å². The molecule has 1 atom stereocenters. The summed E-state index contributed by atoms with van der Waals surface area (Å²) in [4.78, 5) is 1.16. The normalized spacial score (nSPS) is 19.9. The highest BCUT2D eigenvalue weighted by molar-refractivity contribution is 4.69. The Morgan fingerprint density at radius 1 is 1.37 bits per heavy atom. The third-order valence-electron chi connectivity index (χ3n) is 3.01. The van der Waals surface area contributed by atoms with Crippen LogP contribution in [0.1, 0.15) is 19.8 Å². The van der Waals surface area contributed by atoms with Crippen molar-refractivity contribution in [2.24, 2.45) is 0 Å². The summed E-state index contributed by atoms with van der Waals surface area (Å²) in [6.45, 7) is 2.19. The van der Waals surface area contributed by atoms with Crippen molar-refractivity contribution in [2.45, 2.75) is 38.1 Å². The van der Waals surface area contributed by atoms with Crippen molar-refractivity contribution >= 4 is 0 Å². The van der Waals surface area contributed by atoms with Gasteiger partial charge < -0.3 is 14.6 Å². The second kappa shape index (κ2) is 8.04. The molecule has 1 N–H and O–H groups in total. The van der Waals surface area contributed by atoms with Crippen molar-refractivity contribution in [1.82, 2.24) is 4.90 Å². The molecule has 7 heteroatoms. The average Bonchev–Trinajstić information content (AvgIpc) is 2.35. The molecule has 1 saturated heterocycles. The largest absolute Gasteiger partial charge is 0.401 e. The first kappa shape index (κ1) is 16.7. The Balaban J connectivity index is 2.22. The van der Waals surface area contributed by atoms with Crippen LogP contribution in [0.3, 0.4) is 0 Å². The highest BCUT2D eigenvalue weighted by Gasteiger charge is 2.30. The van der Waals surface area contributed by atoms with E-state index >= 15 is 0 Å². The van der Waals surface area contributed by atoms with Gasteiger partial charge in [-0.3, -0.25) is 4.90 Å². The zero-order valence-electron chi connectivity index (χ0n) is 11.2. The number of halogens is 3. The van der Waals surface area contributed by atoms with Crippen LogP contribution in [-0.2, 0) is 9.47 Å². The number of hydrogen-bond donors (Lipinski definition) is 1. The van der Waals surface area contributed by atoms with E-state index in [0.717, 1.165) is 17.7 Å². The molecule has 0 aromatic rings. The lowest BCUT2D eigenvalue weighted by molar-refractivity contribution is -0.150. The molecule has 4 nitrogen and oxygen atoms in total. The first-order valence-corrected chi connectivity index (χ1v) is 6.57. The first-order valence-electron chi connectivity index (χ1n) is 6.57. The van der Waals surface area contributed by atoms with Gasteiger partial charge in [0.25, 0.3) is 0 Å². The molecule has 1 rings (SSSR count). The maximum atomic E-state index is 12.3. The molecule has 1 unspecified atom stereocenters. The third kappa shape index (κ3) is 7.71. The number of hydrogen-bond acceptors (Lipinski definition) is 4. The van der Waals surface area contributed by atoms with Gasteiger partial charge in [0, 0.05) is 19.8 Å². The molecule has 0 aromatic carbocycles. The third-order valence-corrected chi connectivity index (χ3v) is 3.01. The summed E-state index contributed by atoms with van der Waals surface area (Å²) in [6.07, 6.45) is -3.55. The number of likely N-dealkylation sites (N-methyl/N-ethyl adjacent to an activating group) is 1. The smallest absolute Gasteiger partial charge is 0.389 e. The second-order valence-electron chi connectivity index (χ2n) is 4.74. The van der Waals surface area contributed by atoms with Crippen LogP contribution in [0.15, 0.2) is 0 Å². The van der Waals surface area contributed by atoms with Gasteiger partial charge >= 0.3 is 6.18 Å². The number of nitrogens with zero attached hydrogens (tertiary/aromatic N) is 1. The summed E-state index contributed by atoms with van der Waals surface area (Å²) >= 11 is 0. The van der Waals surface area contributed by atoms with E-state index in [1.54, 1.807) is 6.92 Å². The van der Waals surface area contributed by atoms with E-state index in [1.807, 2.05) is 0 Å².